The van der Waals surface area contributed by atoms with Crippen LogP contribution in [0.5, 0.6) is 5.75 Å². The normalized spacial score (nSPS) is 15.4. The van der Waals surface area contributed by atoms with Crippen molar-refractivity contribution in [1.82, 2.24) is 9.78 Å². The van der Waals surface area contributed by atoms with Gasteiger partial charge < -0.3 is 9.64 Å². The van der Waals surface area contributed by atoms with Gasteiger partial charge in [-0.25, -0.2) is 4.68 Å². The maximum absolute atomic E-state index is 13.3. The van der Waals surface area contributed by atoms with E-state index in [1.165, 1.54) is 10.8 Å². The van der Waals surface area contributed by atoms with Gasteiger partial charge >= 0.3 is 0 Å². The number of benzene rings is 2. The number of carbonyl (C=O) groups is 1. The molecule has 1 atom stereocenters. The molecule has 4 rings (SSSR count). The Kier molecular flexibility index (Phi) is 5.23. The average molecular weight is 401 g/mol. The fraction of sp³-hybridized carbons (Fsp3) is 0.208. The van der Waals surface area contributed by atoms with Crippen molar-refractivity contribution in [2.75, 3.05) is 18.6 Å². The van der Waals surface area contributed by atoms with Crippen LogP contribution < -0.4 is 15.2 Å². The number of anilines is 1. The van der Waals surface area contributed by atoms with Crippen LogP contribution in [0.3, 0.4) is 0 Å². The van der Waals surface area contributed by atoms with Crippen LogP contribution in [0.1, 0.15) is 22.8 Å². The number of rotatable bonds is 6. The number of allylic oxidation sites excluding steroid dienone is 1. The molecule has 1 saturated heterocycles. The Morgan fingerprint density at radius 1 is 1.13 bits per heavy atom. The maximum atomic E-state index is 13.3. The lowest BCUT2D eigenvalue weighted by molar-refractivity contribution is 0.104. The van der Waals surface area contributed by atoms with Gasteiger partial charge in [-0.3, -0.25) is 9.59 Å². The molecule has 1 unspecified atom stereocenters. The molecule has 0 spiro atoms. The molecule has 6 heteroatoms. The van der Waals surface area contributed by atoms with Crippen molar-refractivity contribution in [2.24, 2.45) is 7.05 Å². The van der Waals surface area contributed by atoms with Crippen LogP contribution in [0.25, 0.3) is 17.3 Å². The van der Waals surface area contributed by atoms with Crippen LogP contribution in [0.2, 0.25) is 0 Å². The third kappa shape index (κ3) is 3.76. The molecule has 2 aromatic carbocycles. The van der Waals surface area contributed by atoms with Gasteiger partial charge in [0.2, 0.25) is 0 Å². The van der Waals surface area contributed by atoms with Gasteiger partial charge in [0.15, 0.2) is 5.78 Å². The first-order valence-corrected chi connectivity index (χ1v) is 9.79. The zero-order valence-electron chi connectivity index (χ0n) is 17.2. The minimum atomic E-state index is -0.264. The Balaban J connectivity index is 1.82. The number of ether oxygens (including phenoxy) is 1. The summed E-state index contributed by atoms with van der Waals surface area (Å²) in [7, 11) is 3.23. The summed E-state index contributed by atoms with van der Waals surface area (Å²) in [5.41, 5.74) is 2.67. The zero-order valence-corrected chi connectivity index (χ0v) is 17.2. The maximum Gasteiger partial charge on any atom is 0.290 e. The van der Waals surface area contributed by atoms with Gasteiger partial charge in [0, 0.05) is 25.2 Å². The lowest BCUT2D eigenvalue weighted by Gasteiger charge is -2.15. The molecule has 2 heterocycles. The molecule has 1 aromatic heterocycles. The van der Waals surface area contributed by atoms with Crippen molar-refractivity contribution in [1.29, 1.82) is 0 Å². The molecule has 152 valence electrons. The van der Waals surface area contributed by atoms with E-state index in [4.69, 9.17) is 4.74 Å². The highest BCUT2D eigenvalue weighted by Gasteiger charge is 2.36. The van der Waals surface area contributed by atoms with Crippen LogP contribution >= 0.6 is 0 Å². The Morgan fingerprint density at radius 3 is 2.40 bits per heavy atom. The van der Waals surface area contributed by atoms with Crippen molar-refractivity contribution >= 4 is 17.5 Å². The second-order valence-electron chi connectivity index (χ2n) is 7.34. The first-order valence-electron chi connectivity index (χ1n) is 9.79. The van der Waals surface area contributed by atoms with Crippen LogP contribution in [0.4, 0.5) is 5.69 Å². The Morgan fingerprint density at radius 2 is 1.80 bits per heavy atom. The molecule has 1 aliphatic rings. The topological polar surface area (TPSA) is 64.2 Å². The summed E-state index contributed by atoms with van der Waals surface area (Å²) >= 11 is 0. The summed E-state index contributed by atoms with van der Waals surface area (Å²) in [4.78, 5) is 28.2. The quantitative estimate of drug-likeness (QED) is 0.359. The van der Waals surface area contributed by atoms with Gasteiger partial charge in [-0.05, 0) is 30.7 Å². The van der Waals surface area contributed by atoms with Crippen molar-refractivity contribution < 1.29 is 9.53 Å². The molecule has 0 saturated carbocycles. The Hall–Kier alpha value is -3.67. The van der Waals surface area contributed by atoms with Crippen molar-refractivity contribution in [3.63, 3.8) is 0 Å². The number of nitrogens with zero attached hydrogens (tertiary/aromatic N) is 3. The van der Waals surface area contributed by atoms with E-state index in [0.717, 1.165) is 23.4 Å². The highest BCUT2D eigenvalue weighted by atomic mass is 16.5. The third-order valence-electron chi connectivity index (χ3n) is 5.20. The lowest BCUT2D eigenvalue weighted by Crippen LogP contribution is -2.27. The summed E-state index contributed by atoms with van der Waals surface area (Å²) in [6, 6.07) is 17.1. The first kappa shape index (κ1) is 19.6. The summed E-state index contributed by atoms with van der Waals surface area (Å²) in [5.74, 6) is 0.502. The minimum absolute atomic E-state index is 0.223. The van der Waals surface area contributed by atoms with Crippen molar-refractivity contribution in [2.45, 2.75) is 13.0 Å². The number of methoxy groups -OCH3 is 1. The van der Waals surface area contributed by atoms with Gasteiger partial charge in [-0.2, -0.15) is 5.10 Å². The average Bonchev–Trinajstić information content (AvgIpc) is 3.50. The van der Waals surface area contributed by atoms with E-state index in [2.05, 4.69) is 5.10 Å². The third-order valence-corrected chi connectivity index (χ3v) is 5.20. The number of carbonyl (C=O) groups excluding carboxylic acids is 1. The fourth-order valence-electron chi connectivity index (χ4n) is 3.44. The zero-order chi connectivity index (χ0) is 21.3. The number of aryl methyl sites for hydroxylation is 1. The Bertz CT molecular complexity index is 1160. The predicted octanol–water partition coefficient (Wildman–Crippen LogP) is 3.56. The Labute approximate surface area is 175 Å². The van der Waals surface area contributed by atoms with E-state index in [0.29, 0.717) is 16.9 Å². The van der Waals surface area contributed by atoms with Crippen molar-refractivity contribution in [3.8, 4) is 17.0 Å². The van der Waals surface area contributed by atoms with E-state index in [1.807, 2.05) is 66.4 Å². The van der Waals surface area contributed by atoms with Crippen LogP contribution in [-0.4, -0.2) is 35.3 Å². The number of aromatic nitrogens is 2. The minimum Gasteiger partial charge on any atom is -0.497 e. The number of hydrogen-bond acceptors (Lipinski definition) is 5. The summed E-state index contributed by atoms with van der Waals surface area (Å²) in [6.07, 6.45) is 3.24. The molecule has 0 bridgehead atoms. The molecule has 1 fully saturated rings. The van der Waals surface area contributed by atoms with Crippen LogP contribution in [0.15, 0.2) is 65.5 Å². The van der Waals surface area contributed by atoms with Gasteiger partial charge in [0.05, 0.1) is 12.7 Å². The van der Waals surface area contributed by atoms with Gasteiger partial charge in [-0.1, -0.05) is 48.5 Å². The molecule has 1 aliphatic heterocycles. The van der Waals surface area contributed by atoms with E-state index in [9.17, 15) is 9.59 Å². The standard InChI is InChI=1S/C24H23N3O3/c1-16-15-27(16)23-21(20(28)14-11-17-9-12-19(30-3)13-10-17)22(25-26(2)24(23)29)18-7-5-4-6-8-18/h4-14,16H,15H2,1-3H3/b14-11+. The molecule has 3 aromatic rings. The molecular formula is C24H23N3O3. The van der Waals surface area contributed by atoms with Gasteiger partial charge in [0.1, 0.15) is 17.1 Å². The molecule has 0 amide bonds. The second-order valence-corrected chi connectivity index (χ2v) is 7.34. The summed E-state index contributed by atoms with van der Waals surface area (Å²) < 4.78 is 6.48. The highest BCUT2D eigenvalue weighted by Crippen LogP contribution is 2.33. The first-order chi connectivity index (χ1) is 14.5. The molecule has 0 aliphatic carbocycles. The molecule has 30 heavy (non-hydrogen) atoms. The predicted molar refractivity (Wildman–Crippen MR) is 118 cm³/mol. The van der Waals surface area contributed by atoms with E-state index in [-0.39, 0.29) is 17.4 Å². The van der Waals surface area contributed by atoms with E-state index < -0.39 is 0 Å². The SMILES string of the molecule is COc1ccc(/C=C/C(=O)c2c(-c3ccccc3)nn(C)c(=O)c2N2CC2C)cc1. The van der Waals surface area contributed by atoms with Crippen LogP contribution in [-0.2, 0) is 7.05 Å². The van der Waals surface area contributed by atoms with E-state index >= 15 is 0 Å². The molecule has 0 N–H and O–H groups in total. The van der Waals surface area contributed by atoms with Gasteiger partial charge in [0.25, 0.3) is 5.56 Å². The van der Waals surface area contributed by atoms with Crippen molar-refractivity contribution in [3.05, 3.63) is 82.2 Å². The fourth-order valence-corrected chi connectivity index (χ4v) is 3.44. The molecule has 6 nitrogen and oxygen atoms in total. The smallest absolute Gasteiger partial charge is 0.290 e. The van der Waals surface area contributed by atoms with Crippen LogP contribution in [0, 0.1) is 0 Å². The summed E-state index contributed by atoms with van der Waals surface area (Å²) in [6.45, 7) is 2.78. The monoisotopic (exact) mass is 401 g/mol. The molecular weight excluding hydrogens is 378 g/mol. The van der Waals surface area contributed by atoms with Gasteiger partial charge in [-0.15, -0.1) is 0 Å². The summed E-state index contributed by atoms with van der Waals surface area (Å²) in [5, 5.41) is 4.44. The lowest BCUT2D eigenvalue weighted by atomic mass is 10.0. The second kappa shape index (κ2) is 7.99. The molecule has 0 radical (unpaired) electrons. The number of ketones is 1. The largest absolute Gasteiger partial charge is 0.497 e. The number of hydrogen-bond donors (Lipinski definition) is 0. The van der Waals surface area contributed by atoms with E-state index in [1.54, 1.807) is 20.2 Å². The highest BCUT2D eigenvalue weighted by molar-refractivity contribution is 6.14.